The number of methoxy groups -OCH3 is 1. The minimum absolute atomic E-state index is 0.267. The van der Waals surface area contributed by atoms with Gasteiger partial charge in [0.2, 0.25) is 5.88 Å². The lowest BCUT2D eigenvalue weighted by molar-refractivity contribution is 0.123. The number of rotatable bonds is 6. The molecule has 0 aromatic carbocycles. The Balaban J connectivity index is 2.42. The van der Waals surface area contributed by atoms with Crippen molar-refractivity contribution >= 4 is 0 Å². The van der Waals surface area contributed by atoms with Crippen LogP contribution in [0.2, 0.25) is 0 Å². The monoisotopic (exact) mass is 224 g/mol. The van der Waals surface area contributed by atoms with E-state index < -0.39 is 0 Å². The summed E-state index contributed by atoms with van der Waals surface area (Å²) in [5.74, 6) is 0.900. The average Bonchev–Trinajstić information content (AvgIpc) is 2.29. The summed E-state index contributed by atoms with van der Waals surface area (Å²) in [6.45, 7) is 5.23. The second kappa shape index (κ2) is 6.45. The van der Waals surface area contributed by atoms with Crippen LogP contribution in [-0.4, -0.2) is 29.8 Å². The first-order valence-corrected chi connectivity index (χ1v) is 5.51. The Bertz CT molecular complexity index is 316. The molecule has 4 nitrogen and oxygen atoms in total. The predicted molar refractivity (Wildman–Crippen MR) is 63.3 cm³/mol. The molecule has 1 rings (SSSR count). The highest BCUT2D eigenvalue weighted by atomic mass is 16.5. The van der Waals surface area contributed by atoms with Gasteiger partial charge in [0, 0.05) is 24.8 Å². The second-order valence-corrected chi connectivity index (χ2v) is 4.11. The zero-order valence-corrected chi connectivity index (χ0v) is 10.1. The average molecular weight is 224 g/mol. The Labute approximate surface area is 96.7 Å². The molecule has 4 heteroatoms. The number of aromatic nitrogens is 1. The molecule has 1 atom stereocenters. The van der Waals surface area contributed by atoms with E-state index in [0.717, 1.165) is 5.56 Å². The zero-order valence-electron chi connectivity index (χ0n) is 10.1. The fraction of sp³-hybridized carbons (Fsp3) is 0.583. The largest absolute Gasteiger partial charge is 0.481 e. The number of ether oxygens (including phenoxy) is 1. The summed E-state index contributed by atoms with van der Waals surface area (Å²) in [5.41, 5.74) is 1.00. The van der Waals surface area contributed by atoms with E-state index in [1.807, 2.05) is 26.0 Å². The van der Waals surface area contributed by atoms with E-state index in [9.17, 15) is 5.11 Å². The van der Waals surface area contributed by atoms with Crippen LogP contribution in [-0.2, 0) is 6.54 Å². The van der Waals surface area contributed by atoms with Crippen LogP contribution in [0, 0.1) is 5.92 Å². The number of nitrogens with one attached hydrogen (secondary N) is 1. The maximum Gasteiger partial charge on any atom is 0.217 e. The van der Waals surface area contributed by atoms with Gasteiger partial charge in [0.25, 0.3) is 0 Å². The van der Waals surface area contributed by atoms with Crippen molar-refractivity contribution in [1.29, 1.82) is 0 Å². The standard InChI is InChI=1S/C12H20N2O2/c1-9(2)11(15)8-13-7-10-5-4-6-14-12(10)16-3/h4-6,9,11,13,15H,7-8H2,1-3H3. The highest BCUT2D eigenvalue weighted by molar-refractivity contribution is 5.24. The Morgan fingerprint density at radius 1 is 1.50 bits per heavy atom. The molecule has 0 aliphatic heterocycles. The van der Waals surface area contributed by atoms with E-state index in [1.54, 1.807) is 13.3 Å². The topological polar surface area (TPSA) is 54.4 Å². The van der Waals surface area contributed by atoms with Crippen LogP contribution in [0.3, 0.4) is 0 Å². The summed E-state index contributed by atoms with van der Waals surface area (Å²) in [4.78, 5) is 4.11. The van der Waals surface area contributed by atoms with Gasteiger partial charge in [-0.1, -0.05) is 19.9 Å². The van der Waals surface area contributed by atoms with E-state index in [-0.39, 0.29) is 12.0 Å². The molecule has 0 bridgehead atoms. The number of hydrogen-bond acceptors (Lipinski definition) is 4. The third-order valence-corrected chi connectivity index (χ3v) is 2.48. The van der Waals surface area contributed by atoms with Gasteiger partial charge in [0.05, 0.1) is 13.2 Å². The molecule has 0 saturated heterocycles. The third-order valence-electron chi connectivity index (χ3n) is 2.48. The van der Waals surface area contributed by atoms with Crippen molar-refractivity contribution in [3.63, 3.8) is 0 Å². The quantitative estimate of drug-likeness (QED) is 0.762. The maximum atomic E-state index is 9.62. The fourth-order valence-electron chi connectivity index (χ4n) is 1.33. The molecule has 0 aliphatic rings. The minimum Gasteiger partial charge on any atom is -0.481 e. The van der Waals surface area contributed by atoms with Crippen molar-refractivity contribution in [2.75, 3.05) is 13.7 Å². The van der Waals surface area contributed by atoms with Crippen LogP contribution in [0.5, 0.6) is 5.88 Å². The van der Waals surface area contributed by atoms with E-state index in [1.165, 1.54) is 0 Å². The second-order valence-electron chi connectivity index (χ2n) is 4.11. The van der Waals surface area contributed by atoms with Gasteiger partial charge in [0.1, 0.15) is 0 Å². The first-order chi connectivity index (χ1) is 7.65. The normalized spacial score (nSPS) is 12.8. The Hall–Kier alpha value is -1.13. The van der Waals surface area contributed by atoms with Crippen molar-refractivity contribution in [2.45, 2.75) is 26.5 Å². The van der Waals surface area contributed by atoms with Gasteiger partial charge in [-0.05, 0) is 12.0 Å². The Morgan fingerprint density at radius 2 is 2.25 bits per heavy atom. The molecule has 0 saturated carbocycles. The van der Waals surface area contributed by atoms with Crippen molar-refractivity contribution < 1.29 is 9.84 Å². The molecule has 1 aromatic rings. The van der Waals surface area contributed by atoms with Crippen LogP contribution in [0.1, 0.15) is 19.4 Å². The molecule has 1 unspecified atom stereocenters. The van der Waals surface area contributed by atoms with E-state index in [0.29, 0.717) is 19.0 Å². The van der Waals surface area contributed by atoms with Crippen molar-refractivity contribution in [2.24, 2.45) is 5.92 Å². The third kappa shape index (κ3) is 3.79. The van der Waals surface area contributed by atoms with E-state index in [2.05, 4.69) is 10.3 Å². The number of hydrogen-bond donors (Lipinski definition) is 2. The van der Waals surface area contributed by atoms with Crippen LogP contribution >= 0.6 is 0 Å². The summed E-state index contributed by atoms with van der Waals surface area (Å²) < 4.78 is 5.14. The van der Waals surface area contributed by atoms with Crippen LogP contribution < -0.4 is 10.1 Å². The molecule has 0 fully saturated rings. The molecule has 90 valence electrons. The fourth-order valence-corrected chi connectivity index (χ4v) is 1.33. The highest BCUT2D eigenvalue weighted by Crippen LogP contribution is 2.12. The lowest BCUT2D eigenvalue weighted by Crippen LogP contribution is -2.30. The van der Waals surface area contributed by atoms with Gasteiger partial charge in [-0.3, -0.25) is 0 Å². The summed E-state index contributed by atoms with van der Waals surface area (Å²) in [5, 5.41) is 12.8. The van der Waals surface area contributed by atoms with Gasteiger partial charge in [-0.15, -0.1) is 0 Å². The molecular weight excluding hydrogens is 204 g/mol. The number of pyridine rings is 1. The van der Waals surface area contributed by atoms with Gasteiger partial charge in [-0.2, -0.15) is 0 Å². The van der Waals surface area contributed by atoms with Gasteiger partial charge in [0.15, 0.2) is 0 Å². The SMILES string of the molecule is COc1ncccc1CNCC(O)C(C)C. The van der Waals surface area contributed by atoms with Crippen LogP contribution in [0.25, 0.3) is 0 Å². The summed E-state index contributed by atoms with van der Waals surface area (Å²) in [7, 11) is 1.61. The van der Waals surface area contributed by atoms with Gasteiger partial charge >= 0.3 is 0 Å². The predicted octanol–water partition coefficient (Wildman–Crippen LogP) is 1.20. The summed E-state index contributed by atoms with van der Waals surface area (Å²) in [6.07, 6.45) is 1.38. The zero-order chi connectivity index (χ0) is 12.0. The molecule has 0 amide bonds. The first kappa shape index (κ1) is 12.9. The summed E-state index contributed by atoms with van der Waals surface area (Å²) >= 11 is 0. The minimum atomic E-state index is -0.317. The van der Waals surface area contributed by atoms with E-state index in [4.69, 9.17) is 4.74 Å². The smallest absolute Gasteiger partial charge is 0.217 e. The maximum absolute atomic E-state index is 9.62. The summed E-state index contributed by atoms with van der Waals surface area (Å²) in [6, 6.07) is 3.83. The Morgan fingerprint density at radius 3 is 2.88 bits per heavy atom. The lowest BCUT2D eigenvalue weighted by atomic mass is 10.1. The molecule has 1 heterocycles. The van der Waals surface area contributed by atoms with Crippen LogP contribution in [0.15, 0.2) is 18.3 Å². The van der Waals surface area contributed by atoms with Crippen molar-refractivity contribution in [1.82, 2.24) is 10.3 Å². The van der Waals surface area contributed by atoms with Crippen molar-refractivity contribution in [3.8, 4) is 5.88 Å². The van der Waals surface area contributed by atoms with Crippen molar-refractivity contribution in [3.05, 3.63) is 23.9 Å². The molecule has 2 N–H and O–H groups in total. The molecular formula is C12H20N2O2. The molecule has 1 aromatic heterocycles. The number of aliphatic hydroxyl groups excluding tert-OH is 1. The number of aliphatic hydroxyl groups is 1. The lowest BCUT2D eigenvalue weighted by Gasteiger charge is -2.15. The van der Waals surface area contributed by atoms with Crippen LogP contribution in [0.4, 0.5) is 0 Å². The Kier molecular flexibility index (Phi) is 5.22. The van der Waals surface area contributed by atoms with Gasteiger partial charge in [-0.25, -0.2) is 4.98 Å². The molecule has 0 aliphatic carbocycles. The van der Waals surface area contributed by atoms with E-state index >= 15 is 0 Å². The molecule has 0 spiro atoms. The van der Waals surface area contributed by atoms with Gasteiger partial charge < -0.3 is 15.2 Å². The molecule has 0 radical (unpaired) electrons. The molecule has 16 heavy (non-hydrogen) atoms. The number of nitrogens with zero attached hydrogens (tertiary/aromatic N) is 1. The first-order valence-electron chi connectivity index (χ1n) is 5.51. The highest BCUT2D eigenvalue weighted by Gasteiger charge is 2.09.